The van der Waals surface area contributed by atoms with Crippen LogP contribution in [-0.2, 0) is 0 Å². The van der Waals surface area contributed by atoms with Crippen LogP contribution in [0.25, 0.3) is 0 Å². The number of rotatable bonds is 4. The molecule has 0 amide bonds. The first-order valence-electron chi connectivity index (χ1n) is 45.2. The van der Waals surface area contributed by atoms with Gasteiger partial charge in [0, 0.05) is 0 Å². The smallest absolute Gasteiger partial charge is 0.0295 e. The molecule has 0 saturated heterocycles. The molecule has 7 unspecified atom stereocenters. The van der Waals surface area contributed by atoms with Crippen LogP contribution in [0.1, 0.15) is 497 Å². The van der Waals surface area contributed by atoms with E-state index in [-0.39, 0.29) is 0 Å². The summed E-state index contributed by atoms with van der Waals surface area (Å²) in [5.74, 6) is 14.6. The standard InChI is InChI=1S/C14H26.2C11H22.C10H20.C9H18.2C8H16.2C8H18.C7H14.C7H16/c1-9-11(13(2,3)4)7-10-8-12(9)14(10,5)6;1-9-7-5-6-8-10(9)11(2,3)4;1-11(2,3)9-10-7-5-4-6-8-10;1-10(2,3)9-7-5-4-6-8-9;1-9(2,3)8-6-4-5-7-8;1-8(2,3)6-7-4-5-7;1-8(2,3)7-5-4-6-7;1-7(2)6-8(3,4)5;1-6-7(2)8(3,4)5;1-7(2,3)6-4-5-6;1-6(2)7(3,4)5/h9-12H,7-8H2,1-6H3;9-10H,5-8H2,1-4H3;10H,4-9H2,1-3H3;9H,4-8H2,1-3H3;8H,4-7H2,1-3H3;2*7H,4-6H2,1-3H3;2*7H,6H2,1-5H3;6H,4-5H2,1-3H3;6H,1-5H3. The van der Waals surface area contributed by atoms with Gasteiger partial charge in [0.2, 0.25) is 0 Å². The van der Waals surface area contributed by atoms with Crippen LogP contribution in [0, 0.1) is 154 Å². The van der Waals surface area contributed by atoms with Crippen LogP contribution in [0.4, 0.5) is 0 Å². The topological polar surface area (TPSA) is 0 Å². The molecule has 10 saturated carbocycles. The molecule has 0 spiro atoms. The lowest BCUT2D eigenvalue weighted by Crippen LogP contribution is -2.57. The second-order valence-electron chi connectivity index (χ2n) is 50.2. The Kier molecular flexibility index (Phi) is 45.7. The molecule has 101 heavy (non-hydrogen) atoms. The summed E-state index contributed by atoms with van der Waals surface area (Å²) >= 11 is 0. The first kappa shape index (κ1) is 103. The van der Waals surface area contributed by atoms with Gasteiger partial charge in [0.25, 0.3) is 0 Å². The van der Waals surface area contributed by atoms with Crippen molar-refractivity contribution >= 4 is 0 Å². The van der Waals surface area contributed by atoms with Crippen molar-refractivity contribution in [3.8, 4) is 0 Å². The van der Waals surface area contributed by atoms with Crippen LogP contribution in [0.15, 0.2) is 0 Å². The minimum Gasteiger partial charge on any atom is -0.0651 e. The van der Waals surface area contributed by atoms with Gasteiger partial charge in [-0.1, -0.05) is 407 Å². The molecule has 0 radical (unpaired) electrons. The molecule has 0 N–H and O–H groups in total. The van der Waals surface area contributed by atoms with Gasteiger partial charge in [-0.2, -0.15) is 0 Å². The van der Waals surface area contributed by atoms with Crippen LogP contribution >= 0.6 is 0 Å². The van der Waals surface area contributed by atoms with Crippen molar-refractivity contribution in [2.75, 3.05) is 0 Å². The lowest BCUT2D eigenvalue weighted by atomic mass is 9.41. The fourth-order valence-corrected chi connectivity index (χ4v) is 18.2. The fraction of sp³-hybridized carbons (Fsp3) is 1.00. The molecule has 2 bridgehead atoms. The summed E-state index contributed by atoms with van der Waals surface area (Å²) in [7, 11) is 0. The zero-order valence-electron chi connectivity index (χ0n) is 79.6. The molecule has 10 fully saturated rings. The van der Waals surface area contributed by atoms with Gasteiger partial charge in [-0.15, -0.1) is 0 Å². The summed E-state index contributed by atoms with van der Waals surface area (Å²) in [6.45, 7) is 101. The Hall–Kier alpha value is 0. The van der Waals surface area contributed by atoms with Crippen molar-refractivity contribution in [2.24, 2.45) is 154 Å². The molecule has 10 rings (SSSR count). The molecular weight excluding hydrogens is 1210 g/mol. The van der Waals surface area contributed by atoms with E-state index in [2.05, 4.69) is 298 Å². The quantitative estimate of drug-likeness (QED) is 0.263. The highest BCUT2D eigenvalue weighted by atomic mass is 14.6. The van der Waals surface area contributed by atoms with E-state index < -0.39 is 0 Å². The van der Waals surface area contributed by atoms with Gasteiger partial charge < -0.3 is 0 Å². The Labute approximate surface area is 646 Å². The highest BCUT2D eigenvalue weighted by Gasteiger charge is 2.58. The van der Waals surface area contributed by atoms with Crippen molar-refractivity contribution in [1.82, 2.24) is 0 Å². The normalized spacial score (nSPS) is 25.0. The van der Waals surface area contributed by atoms with Crippen molar-refractivity contribution in [3.05, 3.63) is 0 Å². The average Bonchev–Trinajstić information content (AvgIpc) is 1.24. The Morgan fingerprint density at radius 3 is 0.792 bits per heavy atom. The highest BCUT2D eigenvalue weighted by molar-refractivity contribution is 5.06. The van der Waals surface area contributed by atoms with Gasteiger partial charge >= 0.3 is 0 Å². The molecule has 0 aromatic heterocycles. The van der Waals surface area contributed by atoms with Crippen LogP contribution in [0.5, 0.6) is 0 Å². The molecule has 0 aliphatic heterocycles. The molecule has 0 heterocycles. The number of fused-ring (bicyclic) bond motifs is 2. The van der Waals surface area contributed by atoms with E-state index in [0.717, 1.165) is 88.8 Å². The van der Waals surface area contributed by atoms with Gasteiger partial charge in [0.05, 0.1) is 0 Å². The largest absolute Gasteiger partial charge is 0.0651 e. The summed E-state index contributed by atoms with van der Waals surface area (Å²) in [6.07, 6.45) is 45.4. The monoisotopic (exact) mass is 1420 g/mol. The number of hydrogen-bond acceptors (Lipinski definition) is 0. The van der Waals surface area contributed by atoms with E-state index >= 15 is 0 Å². The first-order chi connectivity index (χ1) is 45.2. The lowest BCUT2D eigenvalue weighted by Gasteiger charge is -2.64. The van der Waals surface area contributed by atoms with Crippen LogP contribution in [0.2, 0.25) is 0 Å². The maximum Gasteiger partial charge on any atom is -0.0295 e. The molecule has 0 heteroatoms. The molecule has 610 valence electrons. The third-order valence-electron chi connectivity index (χ3n) is 27.3. The van der Waals surface area contributed by atoms with E-state index in [0.29, 0.717) is 65.0 Å². The maximum atomic E-state index is 2.50. The summed E-state index contributed by atoms with van der Waals surface area (Å²) in [5, 5.41) is 0. The minimum atomic E-state index is 0.500. The Bertz CT molecular complexity index is 1950. The zero-order chi connectivity index (χ0) is 79.6. The summed E-state index contributed by atoms with van der Waals surface area (Å²) in [4.78, 5) is 0. The van der Waals surface area contributed by atoms with Gasteiger partial charge in [0.15, 0.2) is 0 Å². The highest BCUT2D eigenvalue weighted by Crippen LogP contribution is 2.65. The first-order valence-corrected chi connectivity index (χ1v) is 45.2. The SMILES string of the molecule is CC(C)(C)C1CC1.CC(C)(C)C1CCC1.CC(C)(C)C1CCCC1.CC(C)(C)C1CCCCC1.CC(C)(C)CC1CC1.CC(C)(C)CC1CCCCC1.CC(C)C(C)(C)C.CC(C)CC(C)(C)C.CC1C(C(C)(C)C)CC2CC1C2(C)C.CC1CCCCC1C(C)(C)C.CCC(C)C(C)(C)C. The van der Waals surface area contributed by atoms with E-state index in [1.54, 1.807) is 0 Å². The van der Waals surface area contributed by atoms with Crippen molar-refractivity contribution in [1.29, 1.82) is 0 Å². The molecule has 0 nitrogen and oxygen atoms in total. The number of hydrogen-bond donors (Lipinski definition) is 0. The summed E-state index contributed by atoms with van der Waals surface area (Å²) in [6, 6.07) is 0. The van der Waals surface area contributed by atoms with Crippen LogP contribution in [-0.4, -0.2) is 0 Å². The molecule has 10 aliphatic rings. The third-order valence-corrected chi connectivity index (χ3v) is 27.3. The molecule has 7 atom stereocenters. The van der Waals surface area contributed by atoms with Crippen molar-refractivity contribution < 1.29 is 0 Å². The Morgan fingerprint density at radius 1 is 0.317 bits per heavy atom. The predicted octanol–water partition coefficient (Wildman–Crippen LogP) is 36.0. The second kappa shape index (κ2) is 44.7. The van der Waals surface area contributed by atoms with E-state index in [1.165, 1.54) is 199 Å². The lowest BCUT2D eigenvalue weighted by molar-refractivity contribution is -0.150. The molecule has 10 aliphatic carbocycles. The minimum absolute atomic E-state index is 0.500. The average molecular weight is 1420 g/mol. The Morgan fingerprint density at radius 2 is 0.624 bits per heavy atom. The summed E-state index contributed by atoms with van der Waals surface area (Å²) in [5.41, 5.74) is 6.75. The molecular formula is C101H206. The third kappa shape index (κ3) is 49.7. The maximum absolute atomic E-state index is 2.50. The van der Waals surface area contributed by atoms with Crippen LogP contribution in [0.3, 0.4) is 0 Å². The van der Waals surface area contributed by atoms with E-state index in [4.69, 9.17) is 0 Å². The molecule has 0 aromatic rings. The Balaban J connectivity index is 0. The van der Waals surface area contributed by atoms with Crippen molar-refractivity contribution in [2.45, 2.75) is 497 Å². The van der Waals surface area contributed by atoms with Gasteiger partial charge in [0.1, 0.15) is 0 Å². The van der Waals surface area contributed by atoms with Gasteiger partial charge in [-0.3, -0.25) is 0 Å². The fourth-order valence-electron chi connectivity index (χ4n) is 18.2. The zero-order valence-corrected chi connectivity index (χ0v) is 79.6. The van der Waals surface area contributed by atoms with Gasteiger partial charge in [-0.25, -0.2) is 0 Å². The predicted molar refractivity (Wildman–Crippen MR) is 469 cm³/mol. The second-order valence-corrected chi connectivity index (χ2v) is 50.2. The van der Waals surface area contributed by atoms with Gasteiger partial charge in [-0.05, 0) is 244 Å². The van der Waals surface area contributed by atoms with E-state index in [9.17, 15) is 0 Å². The van der Waals surface area contributed by atoms with Crippen LogP contribution < -0.4 is 0 Å². The van der Waals surface area contributed by atoms with Crippen molar-refractivity contribution in [3.63, 3.8) is 0 Å². The van der Waals surface area contributed by atoms with E-state index in [1.807, 2.05) is 0 Å². The summed E-state index contributed by atoms with van der Waals surface area (Å²) < 4.78 is 0. The molecule has 0 aromatic carbocycles.